The van der Waals surface area contributed by atoms with Crippen LogP contribution in [-0.2, 0) is 13.6 Å². The second-order valence-electron chi connectivity index (χ2n) is 2.78. The Kier molecular flexibility index (Phi) is 6.24. The first-order valence-electron chi connectivity index (χ1n) is 4.89. The number of aromatic nitrogens is 2. The number of nitrogens with zero attached hydrogens (tertiary/aromatic N) is 3. The Morgan fingerprint density at radius 3 is 2.46 bits per heavy atom. The van der Waals surface area contributed by atoms with E-state index >= 15 is 0 Å². The molecule has 0 amide bonds. The molecule has 3 heteroatoms. The molecule has 0 fully saturated rings. The van der Waals surface area contributed by atoms with E-state index in [9.17, 15) is 0 Å². The Morgan fingerprint density at radius 2 is 2.08 bits per heavy atom. The van der Waals surface area contributed by atoms with Crippen molar-refractivity contribution in [3.8, 4) is 0 Å². The Bertz CT molecular complexity index is 218. The van der Waals surface area contributed by atoms with Crippen molar-refractivity contribution >= 4 is 0 Å². The highest BCUT2D eigenvalue weighted by Gasteiger charge is 2.00. The first-order chi connectivity index (χ1) is 6.24. The van der Waals surface area contributed by atoms with Gasteiger partial charge in [-0.05, 0) is 19.7 Å². The molecule has 0 saturated heterocycles. The van der Waals surface area contributed by atoms with E-state index < -0.39 is 0 Å². The predicted octanol–water partition coefficient (Wildman–Crippen LogP) is 1.90. The van der Waals surface area contributed by atoms with Crippen LogP contribution in [0.5, 0.6) is 0 Å². The molecular formula is C10H21N3. The monoisotopic (exact) mass is 183 g/mol. The molecule has 0 aliphatic rings. The summed E-state index contributed by atoms with van der Waals surface area (Å²) in [7, 11) is 4.08. The van der Waals surface area contributed by atoms with E-state index in [-0.39, 0.29) is 0 Å². The molecule has 0 aromatic carbocycles. The summed E-state index contributed by atoms with van der Waals surface area (Å²) >= 11 is 0. The first kappa shape index (κ1) is 12.2. The maximum absolute atomic E-state index is 4.09. The zero-order valence-corrected chi connectivity index (χ0v) is 9.41. The van der Waals surface area contributed by atoms with Crippen molar-refractivity contribution in [3.63, 3.8) is 0 Å². The number of hydrogen-bond acceptors (Lipinski definition) is 2. The lowest BCUT2D eigenvalue weighted by Gasteiger charge is -2.12. The van der Waals surface area contributed by atoms with Crippen molar-refractivity contribution in [2.75, 3.05) is 13.6 Å². The van der Waals surface area contributed by atoms with Crippen molar-refractivity contribution in [1.82, 2.24) is 14.7 Å². The molecule has 1 heterocycles. The average Bonchev–Trinajstić information content (AvgIpc) is 2.55. The van der Waals surface area contributed by atoms with Crippen LogP contribution in [0.15, 0.2) is 12.3 Å². The molecule has 1 aromatic rings. The lowest BCUT2D eigenvalue weighted by Crippen LogP contribution is -2.18. The van der Waals surface area contributed by atoms with Gasteiger partial charge in [-0.2, -0.15) is 5.10 Å². The average molecular weight is 183 g/mol. The topological polar surface area (TPSA) is 21.1 Å². The molecule has 0 bridgehead atoms. The smallest absolute Gasteiger partial charge is 0.0520 e. The Labute approximate surface area is 81.4 Å². The van der Waals surface area contributed by atoms with Gasteiger partial charge in [-0.25, -0.2) is 0 Å². The fourth-order valence-corrected chi connectivity index (χ4v) is 0.945. The third-order valence-electron chi connectivity index (χ3n) is 1.89. The first-order valence-corrected chi connectivity index (χ1v) is 4.89. The predicted molar refractivity (Wildman–Crippen MR) is 56.6 cm³/mol. The van der Waals surface area contributed by atoms with Crippen LogP contribution >= 0.6 is 0 Å². The van der Waals surface area contributed by atoms with Crippen LogP contribution in [0.1, 0.15) is 26.5 Å². The third-order valence-corrected chi connectivity index (χ3v) is 1.89. The van der Waals surface area contributed by atoms with Gasteiger partial charge in [0.15, 0.2) is 0 Å². The Balaban J connectivity index is 0.000000671. The molecule has 0 spiro atoms. The van der Waals surface area contributed by atoms with Crippen LogP contribution < -0.4 is 0 Å². The highest BCUT2D eigenvalue weighted by Crippen LogP contribution is 1.99. The molecule has 0 aliphatic carbocycles. The number of aryl methyl sites for hydroxylation is 1. The van der Waals surface area contributed by atoms with Crippen molar-refractivity contribution in [2.45, 2.75) is 27.3 Å². The summed E-state index contributed by atoms with van der Waals surface area (Å²) in [5, 5.41) is 4.09. The minimum atomic E-state index is 0.979. The van der Waals surface area contributed by atoms with E-state index in [2.05, 4.69) is 24.0 Å². The van der Waals surface area contributed by atoms with E-state index in [1.54, 1.807) is 0 Å². The summed E-state index contributed by atoms with van der Waals surface area (Å²) in [6.45, 7) is 8.20. The largest absolute Gasteiger partial charge is 0.301 e. The van der Waals surface area contributed by atoms with Crippen LogP contribution in [0, 0.1) is 0 Å². The van der Waals surface area contributed by atoms with E-state index in [1.807, 2.05) is 37.8 Å². The quantitative estimate of drug-likeness (QED) is 0.713. The zero-order chi connectivity index (χ0) is 10.3. The van der Waals surface area contributed by atoms with Crippen molar-refractivity contribution in [2.24, 2.45) is 7.05 Å². The molecule has 13 heavy (non-hydrogen) atoms. The summed E-state index contributed by atoms with van der Waals surface area (Å²) in [5.41, 5.74) is 1.26. The molecule has 76 valence electrons. The third kappa shape index (κ3) is 4.08. The van der Waals surface area contributed by atoms with Crippen molar-refractivity contribution in [1.29, 1.82) is 0 Å². The molecule has 0 aliphatic heterocycles. The lowest BCUT2D eigenvalue weighted by molar-refractivity contribution is 0.335. The summed E-state index contributed by atoms with van der Waals surface area (Å²) in [5.74, 6) is 0. The summed E-state index contributed by atoms with van der Waals surface area (Å²) in [4.78, 5) is 2.25. The Hall–Kier alpha value is -0.830. The molecule has 0 unspecified atom stereocenters. The highest BCUT2D eigenvalue weighted by molar-refractivity contribution is 4.99. The fraction of sp³-hybridized carbons (Fsp3) is 0.700. The standard InChI is InChI=1S/C8H15N3.C2H6/c1-4-10(2)7-8-5-6-9-11(8)3;1-2/h5-6H,4,7H2,1-3H3;1-2H3. The fourth-order valence-electron chi connectivity index (χ4n) is 0.945. The van der Waals surface area contributed by atoms with Gasteiger partial charge in [-0.15, -0.1) is 0 Å². The van der Waals surface area contributed by atoms with Gasteiger partial charge in [0.2, 0.25) is 0 Å². The molecular weight excluding hydrogens is 162 g/mol. The van der Waals surface area contributed by atoms with E-state index in [0.29, 0.717) is 0 Å². The van der Waals surface area contributed by atoms with Crippen molar-refractivity contribution < 1.29 is 0 Å². The number of rotatable bonds is 3. The molecule has 0 radical (unpaired) electrons. The highest BCUT2D eigenvalue weighted by atomic mass is 15.3. The van der Waals surface area contributed by atoms with Gasteiger partial charge in [0.05, 0.1) is 5.69 Å². The van der Waals surface area contributed by atoms with Gasteiger partial charge in [0, 0.05) is 19.8 Å². The molecule has 3 nitrogen and oxygen atoms in total. The van der Waals surface area contributed by atoms with Crippen molar-refractivity contribution in [3.05, 3.63) is 18.0 Å². The van der Waals surface area contributed by atoms with E-state index in [0.717, 1.165) is 13.1 Å². The van der Waals surface area contributed by atoms with Crippen LogP contribution in [0.3, 0.4) is 0 Å². The molecule has 1 rings (SSSR count). The van der Waals surface area contributed by atoms with Gasteiger partial charge in [-0.3, -0.25) is 4.68 Å². The van der Waals surface area contributed by atoms with Crippen LogP contribution in [0.2, 0.25) is 0 Å². The molecule has 1 aromatic heterocycles. The second kappa shape index (κ2) is 6.66. The summed E-state index contributed by atoms with van der Waals surface area (Å²) in [6.07, 6.45) is 1.83. The van der Waals surface area contributed by atoms with Gasteiger partial charge in [0.1, 0.15) is 0 Å². The SMILES string of the molecule is CC.CCN(C)Cc1ccnn1C. The zero-order valence-electron chi connectivity index (χ0n) is 9.41. The lowest BCUT2D eigenvalue weighted by atomic mass is 10.4. The summed E-state index contributed by atoms with van der Waals surface area (Å²) < 4.78 is 1.91. The molecule has 0 N–H and O–H groups in total. The molecule has 0 saturated carbocycles. The van der Waals surface area contributed by atoms with E-state index in [1.165, 1.54) is 5.69 Å². The minimum absolute atomic E-state index is 0.979. The van der Waals surface area contributed by atoms with Crippen LogP contribution in [0.4, 0.5) is 0 Å². The van der Waals surface area contributed by atoms with Crippen LogP contribution in [0.25, 0.3) is 0 Å². The maximum Gasteiger partial charge on any atom is 0.0520 e. The van der Waals surface area contributed by atoms with Gasteiger partial charge >= 0.3 is 0 Å². The summed E-state index contributed by atoms with van der Waals surface area (Å²) in [6, 6.07) is 2.05. The molecule has 0 atom stereocenters. The minimum Gasteiger partial charge on any atom is -0.301 e. The maximum atomic E-state index is 4.09. The van der Waals surface area contributed by atoms with Gasteiger partial charge < -0.3 is 4.90 Å². The second-order valence-corrected chi connectivity index (χ2v) is 2.78. The normalized spacial score (nSPS) is 9.69. The van der Waals surface area contributed by atoms with E-state index in [4.69, 9.17) is 0 Å². The Morgan fingerprint density at radius 1 is 1.46 bits per heavy atom. The van der Waals surface area contributed by atoms with Gasteiger partial charge in [-0.1, -0.05) is 20.8 Å². The number of hydrogen-bond donors (Lipinski definition) is 0. The van der Waals surface area contributed by atoms with Crippen LogP contribution in [-0.4, -0.2) is 28.3 Å². The van der Waals surface area contributed by atoms with Gasteiger partial charge in [0.25, 0.3) is 0 Å².